The van der Waals surface area contributed by atoms with E-state index in [1.807, 2.05) is 24.3 Å². The largest absolute Gasteiger partial charge is 0.469 e. The van der Waals surface area contributed by atoms with E-state index in [0.29, 0.717) is 22.6 Å². The standard InChI is InChI=1S/C24H27N3O4S/c1-3-17(18-9-5-4-6-10-18)15-25-21(28)16-32-24-26-20-12-8-7-11-19(20)23(30)27(24)14-13-22(29)31-2/h4-12,17H,3,13-16H2,1-2H3,(H,25,28). The van der Waals surface area contributed by atoms with Crippen molar-refractivity contribution in [2.24, 2.45) is 0 Å². The van der Waals surface area contributed by atoms with Crippen molar-refractivity contribution in [3.63, 3.8) is 0 Å². The fourth-order valence-corrected chi connectivity index (χ4v) is 4.26. The van der Waals surface area contributed by atoms with Gasteiger partial charge in [0, 0.05) is 19.0 Å². The number of esters is 1. The fraction of sp³-hybridized carbons (Fsp3) is 0.333. The van der Waals surface area contributed by atoms with Gasteiger partial charge in [-0.15, -0.1) is 0 Å². The van der Waals surface area contributed by atoms with Gasteiger partial charge in [-0.3, -0.25) is 19.0 Å². The number of fused-ring (bicyclic) bond motifs is 1. The third kappa shape index (κ3) is 5.97. The molecule has 2 aromatic carbocycles. The molecule has 1 heterocycles. The molecule has 0 saturated heterocycles. The van der Waals surface area contributed by atoms with Crippen LogP contribution in [0, 0.1) is 0 Å². The number of ether oxygens (including phenoxy) is 1. The molecule has 1 atom stereocenters. The van der Waals surface area contributed by atoms with Crippen LogP contribution in [-0.2, 0) is 20.9 Å². The van der Waals surface area contributed by atoms with Gasteiger partial charge in [-0.05, 0) is 24.1 Å². The maximum absolute atomic E-state index is 13.0. The predicted molar refractivity (Wildman–Crippen MR) is 126 cm³/mol. The molecule has 0 radical (unpaired) electrons. The minimum Gasteiger partial charge on any atom is -0.469 e. The topological polar surface area (TPSA) is 90.3 Å². The lowest BCUT2D eigenvalue weighted by molar-refractivity contribution is -0.140. The van der Waals surface area contributed by atoms with Gasteiger partial charge in [0.15, 0.2) is 5.16 Å². The van der Waals surface area contributed by atoms with Crippen LogP contribution in [0.5, 0.6) is 0 Å². The Bertz CT molecular complexity index is 1130. The van der Waals surface area contributed by atoms with Gasteiger partial charge in [-0.1, -0.05) is 61.2 Å². The number of nitrogens with one attached hydrogen (secondary N) is 1. The van der Waals surface area contributed by atoms with Crippen LogP contribution in [0.4, 0.5) is 0 Å². The molecule has 1 aromatic heterocycles. The first-order valence-electron chi connectivity index (χ1n) is 10.5. The summed E-state index contributed by atoms with van der Waals surface area (Å²) in [5.41, 5.74) is 1.51. The van der Waals surface area contributed by atoms with Crippen LogP contribution in [-0.4, -0.2) is 40.8 Å². The Labute approximate surface area is 191 Å². The summed E-state index contributed by atoms with van der Waals surface area (Å²) in [6, 6.07) is 17.1. The zero-order chi connectivity index (χ0) is 22.9. The molecular formula is C24H27N3O4S. The normalized spacial score (nSPS) is 11.8. The zero-order valence-corrected chi connectivity index (χ0v) is 19.1. The molecule has 8 heteroatoms. The van der Waals surface area contributed by atoms with Crippen LogP contribution < -0.4 is 10.9 Å². The minimum atomic E-state index is -0.412. The van der Waals surface area contributed by atoms with E-state index >= 15 is 0 Å². The van der Waals surface area contributed by atoms with E-state index in [4.69, 9.17) is 4.74 Å². The third-order valence-corrected chi connectivity index (χ3v) is 6.21. The molecule has 1 unspecified atom stereocenters. The van der Waals surface area contributed by atoms with Gasteiger partial charge in [0.05, 0.1) is 30.2 Å². The summed E-state index contributed by atoms with van der Waals surface area (Å²) in [7, 11) is 1.31. The summed E-state index contributed by atoms with van der Waals surface area (Å²) in [6.45, 7) is 2.77. The first-order chi connectivity index (χ1) is 15.5. The maximum Gasteiger partial charge on any atom is 0.307 e. The quantitative estimate of drug-likeness (QED) is 0.288. The molecule has 1 amide bonds. The number of hydrogen-bond acceptors (Lipinski definition) is 6. The molecular weight excluding hydrogens is 426 g/mol. The lowest BCUT2D eigenvalue weighted by atomic mass is 9.96. The molecule has 1 N–H and O–H groups in total. The number of nitrogens with zero attached hydrogens (tertiary/aromatic N) is 2. The van der Waals surface area contributed by atoms with Crippen molar-refractivity contribution in [3.8, 4) is 0 Å². The van der Waals surface area contributed by atoms with Crippen LogP contribution in [0.15, 0.2) is 64.5 Å². The van der Waals surface area contributed by atoms with E-state index in [1.165, 1.54) is 29.0 Å². The second-order valence-electron chi connectivity index (χ2n) is 7.30. The highest BCUT2D eigenvalue weighted by Crippen LogP contribution is 2.20. The van der Waals surface area contributed by atoms with Gasteiger partial charge in [-0.25, -0.2) is 4.98 Å². The molecule has 0 aliphatic heterocycles. The average molecular weight is 454 g/mol. The van der Waals surface area contributed by atoms with Gasteiger partial charge >= 0.3 is 5.97 Å². The van der Waals surface area contributed by atoms with Crippen LogP contribution in [0.1, 0.15) is 31.2 Å². The molecule has 0 aliphatic carbocycles. The van der Waals surface area contributed by atoms with Crippen molar-refractivity contribution in [2.45, 2.75) is 37.4 Å². The summed E-state index contributed by atoms with van der Waals surface area (Å²) in [5, 5.41) is 3.86. The Kier molecular flexibility index (Phi) is 8.44. The number of para-hydroxylation sites is 1. The van der Waals surface area contributed by atoms with Gasteiger partial charge in [0.1, 0.15) is 0 Å². The molecule has 7 nitrogen and oxygen atoms in total. The number of carbonyl (C=O) groups is 2. The van der Waals surface area contributed by atoms with Crippen LogP contribution in [0.3, 0.4) is 0 Å². The second-order valence-corrected chi connectivity index (χ2v) is 8.25. The average Bonchev–Trinajstić information content (AvgIpc) is 2.83. The van der Waals surface area contributed by atoms with Gasteiger partial charge in [-0.2, -0.15) is 0 Å². The maximum atomic E-state index is 13.0. The first kappa shape index (κ1) is 23.5. The number of rotatable bonds is 10. The Balaban J connectivity index is 1.70. The third-order valence-electron chi connectivity index (χ3n) is 5.24. The van der Waals surface area contributed by atoms with Crippen molar-refractivity contribution < 1.29 is 14.3 Å². The molecule has 0 bridgehead atoms. The van der Waals surface area contributed by atoms with Gasteiger partial charge in [0.25, 0.3) is 5.56 Å². The molecule has 0 spiro atoms. The number of hydrogen-bond donors (Lipinski definition) is 1. The van der Waals surface area contributed by atoms with Crippen molar-refractivity contribution in [3.05, 3.63) is 70.5 Å². The van der Waals surface area contributed by atoms with Crippen molar-refractivity contribution in [1.29, 1.82) is 0 Å². The summed E-state index contributed by atoms with van der Waals surface area (Å²) in [6.07, 6.45) is 0.960. The van der Waals surface area contributed by atoms with E-state index in [-0.39, 0.29) is 36.1 Å². The lowest BCUT2D eigenvalue weighted by Crippen LogP contribution is -2.30. The lowest BCUT2D eigenvalue weighted by Gasteiger charge is -2.16. The number of aromatic nitrogens is 2. The van der Waals surface area contributed by atoms with Crippen molar-refractivity contribution in [1.82, 2.24) is 14.9 Å². The highest BCUT2D eigenvalue weighted by molar-refractivity contribution is 7.99. The summed E-state index contributed by atoms with van der Waals surface area (Å²) in [5.74, 6) is -0.187. The molecule has 32 heavy (non-hydrogen) atoms. The summed E-state index contributed by atoms with van der Waals surface area (Å²) >= 11 is 1.19. The Morgan fingerprint density at radius 2 is 1.84 bits per heavy atom. The first-order valence-corrected chi connectivity index (χ1v) is 11.5. The van der Waals surface area contributed by atoms with Crippen LogP contribution in [0.2, 0.25) is 0 Å². The van der Waals surface area contributed by atoms with E-state index in [1.54, 1.807) is 18.2 Å². The van der Waals surface area contributed by atoms with Gasteiger partial charge < -0.3 is 10.1 Å². The van der Waals surface area contributed by atoms with E-state index in [2.05, 4.69) is 29.4 Å². The second kappa shape index (κ2) is 11.5. The monoisotopic (exact) mass is 453 g/mol. The smallest absolute Gasteiger partial charge is 0.307 e. The Morgan fingerprint density at radius 1 is 1.12 bits per heavy atom. The molecule has 0 aliphatic rings. The Hall–Kier alpha value is -3.13. The Morgan fingerprint density at radius 3 is 2.56 bits per heavy atom. The zero-order valence-electron chi connectivity index (χ0n) is 18.2. The van der Waals surface area contributed by atoms with E-state index < -0.39 is 5.97 Å². The van der Waals surface area contributed by atoms with Crippen LogP contribution >= 0.6 is 11.8 Å². The highest BCUT2D eigenvalue weighted by Gasteiger charge is 2.16. The van der Waals surface area contributed by atoms with E-state index in [0.717, 1.165) is 6.42 Å². The highest BCUT2D eigenvalue weighted by atomic mass is 32.2. The minimum absolute atomic E-state index is 0.0471. The molecule has 0 saturated carbocycles. The number of thioether (sulfide) groups is 1. The number of amides is 1. The summed E-state index contributed by atoms with van der Waals surface area (Å²) < 4.78 is 6.13. The van der Waals surface area contributed by atoms with E-state index in [9.17, 15) is 14.4 Å². The van der Waals surface area contributed by atoms with Crippen LogP contribution in [0.25, 0.3) is 10.9 Å². The molecule has 0 fully saturated rings. The number of carbonyl (C=O) groups excluding carboxylic acids is 2. The fourth-order valence-electron chi connectivity index (χ4n) is 3.40. The summed E-state index contributed by atoms with van der Waals surface area (Å²) in [4.78, 5) is 41.6. The van der Waals surface area contributed by atoms with Crippen molar-refractivity contribution >= 4 is 34.5 Å². The SMILES string of the molecule is CCC(CNC(=O)CSc1nc2ccccc2c(=O)n1CCC(=O)OC)c1ccccc1. The number of benzene rings is 2. The number of methoxy groups -OCH3 is 1. The molecule has 3 rings (SSSR count). The molecule has 3 aromatic rings. The van der Waals surface area contributed by atoms with Gasteiger partial charge in [0.2, 0.25) is 5.91 Å². The molecule has 168 valence electrons. The predicted octanol–water partition coefficient (Wildman–Crippen LogP) is 3.36. The van der Waals surface area contributed by atoms with Crippen molar-refractivity contribution in [2.75, 3.05) is 19.4 Å².